The number of benzene rings is 1. The number of carboxylic acid groups (broad SMARTS) is 1. The Hall–Kier alpha value is -1.22. The fourth-order valence-corrected chi connectivity index (χ4v) is 1.10. The fraction of sp³-hybridized carbons (Fsp3) is 0.300. The first kappa shape index (κ1) is 10.9. The lowest BCUT2D eigenvalue weighted by molar-refractivity contribution is -0.144. The van der Waals surface area contributed by atoms with Gasteiger partial charge < -0.3 is 9.84 Å². The molecule has 1 aromatic carbocycles. The lowest BCUT2D eigenvalue weighted by Gasteiger charge is -2.11. The molecule has 76 valence electrons. The third-order valence-corrected chi connectivity index (χ3v) is 2.05. The number of carbonyl (C=O) groups is 1. The molecule has 14 heavy (non-hydrogen) atoms. The number of carboxylic acids is 1. The number of rotatable bonds is 3. The second-order valence-electron chi connectivity index (χ2n) is 3.03. The molecule has 0 aliphatic rings. The Morgan fingerprint density at radius 2 is 2.21 bits per heavy atom. The zero-order valence-electron chi connectivity index (χ0n) is 7.95. The van der Waals surface area contributed by atoms with E-state index in [1.54, 1.807) is 12.1 Å². The highest BCUT2D eigenvalue weighted by Gasteiger charge is 2.14. The number of aryl methyl sites for hydroxylation is 1. The molecule has 0 unspecified atom stereocenters. The van der Waals surface area contributed by atoms with Crippen LogP contribution in [-0.4, -0.2) is 17.2 Å². The Morgan fingerprint density at radius 3 is 2.79 bits per heavy atom. The average Bonchev–Trinajstić information content (AvgIpc) is 2.11. The highest BCUT2D eigenvalue weighted by atomic mass is 35.5. The molecule has 0 saturated carbocycles. The molecule has 0 spiro atoms. The van der Waals surface area contributed by atoms with Gasteiger partial charge in [0.05, 0.1) is 5.02 Å². The van der Waals surface area contributed by atoms with Gasteiger partial charge in [-0.15, -0.1) is 0 Å². The van der Waals surface area contributed by atoms with E-state index in [0.717, 1.165) is 5.56 Å². The van der Waals surface area contributed by atoms with Crippen LogP contribution in [0.1, 0.15) is 12.5 Å². The van der Waals surface area contributed by atoms with E-state index in [1.165, 1.54) is 6.92 Å². The van der Waals surface area contributed by atoms with Crippen LogP contribution in [0.25, 0.3) is 0 Å². The summed E-state index contributed by atoms with van der Waals surface area (Å²) in [5.74, 6) is -0.607. The predicted octanol–water partition coefficient (Wildman–Crippen LogP) is 2.50. The molecule has 1 aromatic rings. The third-order valence-electron chi connectivity index (χ3n) is 1.74. The molecule has 0 heterocycles. The molecule has 1 atom stereocenters. The normalized spacial score (nSPS) is 12.2. The van der Waals surface area contributed by atoms with Crippen molar-refractivity contribution in [1.29, 1.82) is 0 Å². The lowest BCUT2D eigenvalue weighted by atomic mass is 10.2. The standard InChI is InChI=1S/C10H11ClO3/c1-6-3-4-8(11)9(5-6)14-7(2)10(12)13/h3-5,7H,1-2H3,(H,12,13)/t7-/m0/s1. The van der Waals surface area contributed by atoms with Gasteiger partial charge in [0.2, 0.25) is 0 Å². The molecule has 0 fully saturated rings. The number of halogens is 1. The van der Waals surface area contributed by atoms with Gasteiger partial charge in [-0.1, -0.05) is 17.7 Å². The maximum atomic E-state index is 10.5. The summed E-state index contributed by atoms with van der Waals surface area (Å²) >= 11 is 5.83. The number of ether oxygens (including phenoxy) is 1. The molecule has 1 N–H and O–H groups in total. The van der Waals surface area contributed by atoms with Gasteiger partial charge in [-0.25, -0.2) is 4.79 Å². The first-order chi connectivity index (χ1) is 6.50. The average molecular weight is 215 g/mol. The Labute approximate surface area is 87.3 Å². The van der Waals surface area contributed by atoms with Crippen molar-refractivity contribution >= 4 is 17.6 Å². The highest BCUT2D eigenvalue weighted by molar-refractivity contribution is 6.32. The van der Waals surface area contributed by atoms with Crippen LogP contribution in [0.2, 0.25) is 5.02 Å². The minimum atomic E-state index is -1.01. The summed E-state index contributed by atoms with van der Waals surface area (Å²) in [6, 6.07) is 5.23. The molecular weight excluding hydrogens is 204 g/mol. The van der Waals surface area contributed by atoms with E-state index in [1.807, 2.05) is 13.0 Å². The van der Waals surface area contributed by atoms with Gasteiger partial charge in [0, 0.05) is 0 Å². The van der Waals surface area contributed by atoms with Crippen LogP contribution in [-0.2, 0) is 4.79 Å². The van der Waals surface area contributed by atoms with Crippen LogP contribution < -0.4 is 4.74 Å². The zero-order valence-corrected chi connectivity index (χ0v) is 8.71. The Balaban J connectivity index is 2.85. The van der Waals surface area contributed by atoms with Crippen molar-refractivity contribution in [3.8, 4) is 5.75 Å². The predicted molar refractivity (Wildman–Crippen MR) is 53.9 cm³/mol. The molecule has 0 amide bonds. The van der Waals surface area contributed by atoms with Gasteiger partial charge in [-0.2, -0.15) is 0 Å². The summed E-state index contributed by atoms with van der Waals surface area (Å²) in [4.78, 5) is 10.5. The van der Waals surface area contributed by atoms with Gasteiger partial charge in [0.1, 0.15) is 5.75 Å². The van der Waals surface area contributed by atoms with Crippen molar-refractivity contribution in [2.75, 3.05) is 0 Å². The van der Waals surface area contributed by atoms with Gasteiger partial charge in [0.25, 0.3) is 0 Å². The smallest absolute Gasteiger partial charge is 0.344 e. The Bertz CT molecular complexity index is 349. The van der Waals surface area contributed by atoms with Crippen molar-refractivity contribution in [3.05, 3.63) is 28.8 Å². The summed E-state index contributed by atoms with van der Waals surface area (Å²) < 4.78 is 5.16. The molecule has 3 nitrogen and oxygen atoms in total. The quantitative estimate of drug-likeness (QED) is 0.841. The number of hydrogen-bond donors (Lipinski definition) is 1. The SMILES string of the molecule is Cc1ccc(Cl)c(O[C@@H](C)C(=O)O)c1. The van der Waals surface area contributed by atoms with E-state index in [2.05, 4.69) is 0 Å². The molecule has 0 bridgehead atoms. The molecule has 4 heteroatoms. The Morgan fingerprint density at radius 1 is 1.57 bits per heavy atom. The molecule has 0 radical (unpaired) electrons. The van der Waals surface area contributed by atoms with Crippen LogP contribution in [0.4, 0.5) is 0 Å². The van der Waals surface area contributed by atoms with E-state index in [-0.39, 0.29) is 0 Å². The first-order valence-corrected chi connectivity index (χ1v) is 4.54. The molecular formula is C10H11ClO3. The van der Waals surface area contributed by atoms with Crippen molar-refractivity contribution in [2.45, 2.75) is 20.0 Å². The molecule has 0 aliphatic heterocycles. The largest absolute Gasteiger partial charge is 0.479 e. The topological polar surface area (TPSA) is 46.5 Å². The van der Waals surface area contributed by atoms with Crippen LogP contribution in [0, 0.1) is 6.92 Å². The van der Waals surface area contributed by atoms with Gasteiger partial charge >= 0.3 is 5.97 Å². The van der Waals surface area contributed by atoms with E-state index in [9.17, 15) is 4.79 Å². The molecule has 0 aromatic heterocycles. The van der Waals surface area contributed by atoms with Crippen LogP contribution in [0.5, 0.6) is 5.75 Å². The Kier molecular flexibility index (Phi) is 3.36. The van der Waals surface area contributed by atoms with Gasteiger partial charge in [-0.3, -0.25) is 0 Å². The van der Waals surface area contributed by atoms with Crippen molar-refractivity contribution in [2.24, 2.45) is 0 Å². The summed E-state index contributed by atoms with van der Waals surface area (Å²) in [6.07, 6.45) is -0.894. The van der Waals surface area contributed by atoms with Gasteiger partial charge in [0.15, 0.2) is 6.10 Å². The van der Waals surface area contributed by atoms with Gasteiger partial charge in [-0.05, 0) is 31.5 Å². The van der Waals surface area contributed by atoms with Crippen LogP contribution >= 0.6 is 11.6 Å². The summed E-state index contributed by atoms with van der Waals surface area (Å²) in [5.41, 5.74) is 0.974. The molecule has 1 rings (SSSR count). The van der Waals surface area contributed by atoms with E-state index in [0.29, 0.717) is 10.8 Å². The first-order valence-electron chi connectivity index (χ1n) is 4.16. The maximum Gasteiger partial charge on any atom is 0.344 e. The summed E-state index contributed by atoms with van der Waals surface area (Å²) in [5, 5.41) is 9.06. The van der Waals surface area contributed by atoms with Crippen LogP contribution in [0.15, 0.2) is 18.2 Å². The fourth-order valence-electron chi connectivity index (χ4n) is 0.942. The maximum absolute atomic E-state index is 10.5. The van der Waals surface area contributed by atoms with Crippen molar-refractivity contribution < 1.29 is 14.6 Å². The molecule has 0 aliphatic carbocycles. The van der Waals surface area contributed by atoms with E-state index >= 15 is 0 Å². The summed E-state index contributed by atoms with van der Waals surface area (Å²) in [6.45, 7) is 3.34. The van der Waals surface area contributed by atoms with E-state index < -0.39 is 12.1 Å². The highest BCUT2D eigenvalue weighted by Crippen LogP contribution is 2.26. The monoisotopic (exact) mass is 214 g/mol. The zero-order chi connectivity index (χ0) is 10.7. The second-order valence-corrected chi connectivity index (χ2v) is 3.44. The minimum Gasteiger partial charge on any atom is -0.479 e. The summed E-state index contributed by atoms with van der Waals surface area (Å²) in [7, 11) is 0. The van der Waals surface area contributed by atoms with Crippen LogP contribution in [0.3, 0.4) is 0 Å². The van der Waals surface area contributed by atoms with E-state index in [4.69, 9.17) is 21.4 Å². The minimum absolute atomic E-state index is 0.404. The number of hydrogen-bond acceptors (Lipinski definition) is 2. The van der Waals surface area contributed by atoms with Crippen molar-refractivity contribution in [3.63, 3.8) is 0 Å². The van der Waals surface area contributed by atoms with Crippen molar-refractivity contribution in [1.82, 2.24) is 0 Å². The number of aliphatic carboxylic acids is 1. The molecule has 0 saturated heterocycles. The lowest BCUT2D eigenvalue weighted by Crippen LogP contribution is -2.23. The third kappa shape index (κ3) is 2.64. The second kappa shape index (κ2) is 4.33.